The van der Waals surface area contributed by atoms with Crippen LogP contribution >= 0.6 is 11.6 Å². The summed E-state index contributed by atoms with van der Waals surface area (Å²) in [5.41, 5.74) is 1.96. The number of rotatable bonds is 6. The Morgan fingerprint density at radius 2 is 1.55 bits per heavy atom. The molecule has 2 aliphatic rings. The monoisotopic (exact) mass is 462 g/mol. The molecule has 2 heterocycles. The fourth-order valence-electron chi connectivity index (χ4n) is 4.06. The second-order valence-electron chi connectivity index (χ2n) is 7.90. The minimum atomic E-state index is -3.63. The molecule has 0 aliphatic carbocycles. The summed E-state index contributed by atoms with van der Waals surface area (Å²) >= 11 is 6.08. The van der Waals surface area contributed by atoms with E-state index in [2.05, 4.69) is 10.2 Å². The number of carbonyl (C=O) groups excluding carboxylic acids is 1. The van der Waals surface area contributed by atoms with Crippen molar-refractivity contribution in [2.24, 2.45) is 0 Å². The van der Waals surface area contributed by atoms with Gasteiger partial charge in [0, 0.05) is 50.6 Å². The molecular formula is C22H27ClN4O3S. The lowest BCUT2D eigenvalue weighted by atomic mass is 10.2. The highest BCUT2D eigenvalue weighted by Crippen LogP contribution is 2.25. The summed E-state index contributed by atoms with van der Waals surface area (Å²) in [5.74, 6) is -0.101. The zero-order valence-electron chi connectivity index (χ0n) is 17.3. The van der Waals surface area contributed by atoms with Gasteiger partial charge in [0.25, 0.3) is 0 Å². The first-order chi connectivity index (χ1) is 14.9. The van der Waals surface area contributed by atoms with E-state index in [1.54, 1.807) is 18.2 Å². The van der Waals surface area contributed by atoms with E-state index >= 15 is 0 Å². The fourth-order valence-corrected chi connectivity index (χ4v) is 5.97. The lowest BCUT2D eigenvalue weighted by Crippen LogP contribution is -2.50. The number of anilines is 2. The van der Waals surface area contributed by atoms with Crippen molar-refractivity contribution >= 4 is 38.9 Å². The van der Waals surface area contributed by atoms with Crippen molar-refractivity contribution in [3.05, 3.63) is 53.6 Å². The van der Waals surface area contributed by atoms with Crippen LogP contribution < -0.4 is 10.2 Å². The first-order valence-electron chi connectivity index (χ1n) is 10.6. The minimum absolute atomic E-state index is 0.101. The zero-order valence-corrected chi connectivity index (χ0v) is 18.9. The molecule has 0 radical (unpaired) electrons. The van der Waals surface area contributed by atoms with Crippen LogP contribution in [0.2, 0.25) is 5.02 Å². The number of hydrogen-bond donors (Lipinski definition) is 1. The van der Waals surface area contributed by atoms with Gasteiger partial charge in [-0.15, -0.1) is 0 Å². The summed E-state index contributed by atoms with van der Waals surface area (Å²) in [4.78, 5) is 16.9. The lowest BCUT2D eigenvalue weighted by molar-refractivity contribution is -0.117. The average Bonchev–Trinajstić information content (AvgIpc) is 3.30. The van der Waals surface area contributed by atoms with Crippen molar-refractivity contribution in [1.29, 1.82) is 0 Å². The van der Waals surface area contributed by atoms with Crippen molar-refractivity contribution < 1.29 is 13.2 Å². The fraction of sp³-hybridized carbons (Fsp3) is 0.409. The van der Waals surface area contributed by atoms with E-state index in [4.69, 9.17) is 11.6 Å². The highest BCUT2D eigenvalue weighted by Gasteiger charge is 2.30. The molecule has 2 saturated heterocycles. The van der Waals surface area contributed by atoms with E-state index < -0.39 is 10.0 Å². The van der Waals surface area contributed by atoms with E-state index in [9.17, 15) is 13.2 Å². The zero-order chi connectivity index (χ0) is 21.8. The van der Waals surface area contributed by atoms with Crippen LogP contribution in [0.15, 0.2) is 53.4 Å². The molecule has 166 valence electrons. The molecule has 0 saturated carbocycles. The third-order valence-corrected chi connectivity index (χ3v) is 8.17. The summed E-state index contributed by atoms with van der Waals surface area (Å²) in [5, 5.41) is 3.16. The maximum atomic E-state index is 12.8. The number of benzene rings is 2. The van der Waals surface area contributed by atoms with Gasteiger partial charge in [-0.3, -0.25) is 9.69 Å². The van der Waals surface area contributed by atoms with Crippen molar-refractivity contribution in [2.45, 2.75) is 17.7 Å². The van der Waals surface area contributed by atoms with Gasteiger partial charge in [0.1, 0.15) is 4.90 Å². The third kappa shape index (κ3) is 5.20. The molecule has 2 aliphatic heterocycles. The van der Waals surface area contributed by atoms with Gasteiger partial charge in [0.2, 0.25) is 15.9 Å². The molecular weight excluding hydrogens is 436 g/mol. The van der Waals surface area contributed by atoms with Gasteiger partial charge in [-0.2, -0.15) is 4.31 Å². The standard InChI is InChI=1S/C22H27ClN4O3S/c23-20-5-1-2-6-21(20)31(29,30)27-15-13-25(14-16-27)17-22(28)24-18-7-9-19(10-8-18)26-11-3-4-12-26/h1-2,5-10H,3-4,11-17H2,(H,24,28). The molecule has 4 rings (SSSR count). The van der Waals surface area contributed by atoms with Gasteiger partial charge in [0.05, 0.1) is 11.6 Å². The molecule has 2 aromatic rings. The second kappa shape index (κ2) is 9.56. The predicted octanol–water partition coefficient (Wildman–Crippen LogP) is 2.89. The molecule has 0 spiro atoms. The van der Waals surface area contributed by atoms with Crippen LogP contribution in [0.1, 0.15) is 12.8 Å². The maximum Gasteiger partial charge on any atom is 0.244 e. The Bertz CT molecular complexity index is 1020. The van der Waals surface area contributed by atoms with Crippen LogP contribution in [0.25, 0.3) is 0 Å². The van der Waals surface area contributed by atoms with E-state index in [1.807, 2.05) is 29.2 Å². The van der Waals surface area contributed by atoms with Crippen molar-refractivity contribution in [2.75, 3.05) is 56.0 Å². The molecule has 0 atom stereocenters. The number of carbonyl (C=O) groups is 1. The largest absolute Gasteiger partial charge is 0.372 e. The first kappa shape index (κ1) is 22.1. The van der Waals surface area contributed by atoms with E-state index in [0.717, 1.165) is 18.8 Å². The molecule has 1 N–H and O–H groups in total. The molecule has 2 aromatic carbocycles. The van der Waals surface area contributed by atoms with E-state index in [0.29, 0.717) is 26.2 Å². The van der Waals surface area contributed by atoms with Gasteiger partial charge < -0.3 is 10.2 Å². The number of nitrogens with zero attached hydrogens (tertiary/aromatic N) is 3. The first-order valence-corrected chi connectivity index (χ1v) is 12.4. The topological polar surface area (TPSA) is 73.0 Å². The average molecular weight is 463 g/mol. The smallest absolute Gasteiger partial charge is 0.244 e. The molecule has 7 nitrogen and oxygen atoms in total. The van der Waals surface area contributed by atoms with Gasteiger partial charge in [-0.25, -0.2) is 8.42 Å². The molecule has 1 amide bonds. The number of amides is 1. The van der Waals surface area contributed by atoms with Crippen molar-refractivity contribution in [3.63, 3.8) is 0 Å². The van der Waals surface area contributed by atoms with Crippen LogP contribution in [-0.2, 0) is 14.8 Å². The van der Waals surface area contributed by atoms with Crippen LogP contribution in [-0.4, -0.2) is 69.3 Å². The summed E-state index contributed by atoms with van der Waals surface area (Å²) in [6, 6.07) is 14.4. The molecule has 31 heavy (non-hydrogen) atoms. The Morgan fingerprint density at radius 3 is 2.19 bits per heavy atom. The summed E-state index contributed by atoms with van der Waals surface area (Å²) in [7, 11) is -3.63. The quantitative estimate of drug-likeness (QED) is 0.714. The molecule has 0 unspecified atom stereocenters. The summed E-state index contributed by atoms with van der Waals surface area (Å²) in [6.07, 6.45) is 2.46. The Morgan fingerprint density at radius 1 is 0.903 bits per heavy atom. The Kier molecular flexibility index (Phi) is 6.81. The van der Waals surface area contributed by atoms with Gasteiger partial charge >= 0.3 is 0 Å². The van der Waals surface area contributed by atoms with Gasteiger partial charge in [-0.05, 0) is 49.2 Å². The number of piperazine rings is 1. The van der Waals surface area contributed by atoms with Gasteiger partial charge in [-0.1, -0.05) is 23.7 Å². The number of halogens is 1. The van der Waals surface area contributed by atoms with Crippen molar-refractivity contribution in [1.82, 2.24) is 9.21 Å². The Hall–Kier alpha value is -2.13. The molecule has 2 fully saturated rings. The number of nitrogens with one attached hydrogen (secondary N) is 1. The lowest BCUT2D eigenvalue weighted by Gasteiger charge is -2.33. The number of hydrogen-bond acceptors (Lipinski definition) is 5. The summed E-state index contributed by atoms with van der Waals surface area (Å²) in [6.45, 7) is 4.04. The highest BCUT2D eigenvalue weighted by molar-refractivity contribution is 7.89. The second-order valence-corrected chi connectivity index (χ2v) is 10.2. The van der Waals surface area contributed by atoms with E-state index in [-0.39, 0.29) is 22.4 Å². The molecule has 0 aromatic heterocycles. The van der Waals surface area contributed by atoms with E-state index in [1.165, 1.54) is 28.9 Å². The number of sulfonamides is 1. The predicted molar refractivity (Wildman–Crippen MR) is 123 cm³/mol. The van der Waals surface area contributed by atoms with Crippen LogP contribution in [0.3, 0.4) is 0 Å². The van der Waals surface area contributed by atoms with Crippen molar-refractivity contribution in [3.8, 4) is 0 Å². The summed E-state index contributed by atoms with van der Waals surface area (Å²) < 4.78 is 27.1. The maximum absolute atomic E-state index is 12.8. The SMILES string of the molecule is O=C(CN1CCN(S(=O)(=O)c2ccccc2Cl)CC1)Nc1ccc(N2CCCC2)cc1. The van der Waals surface area contributed by atoms with Gasteiger partial charge in [0.15, 0.2) is 0 Å². The van der Waals surface area contributed by atoms with Crippen LogP contribution in [0.5, 0.6) is 0 Å². The minimum Gasteiger partial charge on any atom is -0.372 e. The van der Waals surface area contributed by atoms with Crippen LogP contribution in [0, 0.1) is 0 Å². The normalized spacial score (nSPS) is 18.3. The Balaban J connectivity index is 1.28. The Labute approximate surface area is 188 Å². The molecule has 0 bridgehead atoms. The highest BCUT2D eigenvalue weighted by atomic mass is 35.5. The molecule has 9 heteroatoms. The third-order valence-electron chi connectivity index (χ3n) is 5.78. The van der Waals surface area contributed by atoms with Crippen LogP contribution in [0.4, 0.5) is 11.4 Å².